The number of hydrogen-bond donors (Lipinski definition) is 0. The summed E-state index contributed by atoms with van der Waals surface area (Å²) < 4.78 is 18.9. The molecule has 1 aromatic heterocycles. The van der Waals surface area contributed by atoms with Crippen LogP contribution in [0.1, 0.15) is 16.8 Å². The molecule has 0 amide bonds. The third-order valence-electron chi connectivity index (χ3n) is 2.58. The highest BCUT2D eigenvalue weighted by atomic mass is 79.9. The number of nitrogens with zero attached hydrogens (tertiary/aromatic N) is 1. The lowest BCUT2D eigenvalue weighted by Gasteiger charge is -2.09. The zero-order chi connectivity index (χ0) is 13.0. The molecule has 0 radical (unpaired) electrons. The lowest BCUT2D eigenvalue weighted by molar-refractivity contribution is 0.298. The maximum Gasteiger partial charge on any atom is 0.130 e. The summed E-state index contributed by atoms with van der Waals surface area (Å²) in [5, 5.41) is 0.601. The van der Waals surface area contributed by atoms with E-state index in [0.29, 0.717) is 17.7 Å². The van der Waals surface area contributed by atoms with Crippen molar-refractivity contribution in [1.29, 1.82) is 0 Å². The van der Waals surface area contributed by atoms with Crippen LogP contribution in [0.2, 0.25) is 0 Å². The lowest BCUT2D eigenvalue weighted by atomic mass is 10.2. The second-order valence-corrected chi connectivity index (χ2v) is 4.55. The predicted octanol–water partition coefficient (Wildman–Crippen LogP) is 4.00. The fourth-order valence-corrected chi connectivity index (χ4v) is 1.93. The van der Waals surface area contributed by atoms with Gasteiger partial charge >= 0.3 is 0 Å². The molecule has 0 aliphatic heterocycles. The van der Waals surface area contributed by atoms with Crippen LogP contribution in [-0.4, -0.2) is 4.98 Å². The monoisotopic (exact) mass is 309 g/mol. The van der Waals surface area contributed by atoms with Gasteiger partial charge in [0.25, 0.3) is 0 Å². The molecule has 0 unspecified atom stereocenters. The molecule has 1 aromatic carbocycles. The Bertz CT molecular complexity index is 545. The molecule has 0 saturated heterocycles. The van der Waals surface area contributed by atoms with E-state index in [4.69, 9.17) is 4.74 Å². The minimum Gasteiger partial charge on any atom is -0.487 e. The summed E-state index contributed by atoms with van der Waals surface area (Å²) in [5.74, 6) is 0.231. The quantitative estimate of drug-likeness (QED) is 0.796. The van der Waals surface area contributed by atoms with Crippen LogP contribution in [0.25, 0.3) is 0 Å². The SMILES string of the molecule is Cc1cccnc1COc1cc(F)cc(CBr)c1. The van der Waals surface area contributed by atoms with Gasteiger partial charge in [0.05, 0.1) is 5.69 Å². The van der Waals surface area contributed by atoms with E-state index in [1.54, 1.807) is 6.20 Å². The van der Waals surface area contributed by atoms with E-state index in [1.807, 2.05) is 25.1 Å². The molecule has 1 heterocycles. The van der Waals surface area contributed by atoms with Gasteiger partial charge in [-0.1, -0.05) is 22.0 Å². The van der Waals surface area contributed by atoms with Gasteiger partial charge < -0.3 is 4.74 Å². The molecule has 2 rings (SSSR count). The highest BCUT2D eigenvalue weighted by Gasteiger charge is 2.03. The number of hydrogen-bond acceptors (Lipinski definition) is 2. The van der Waals surface area contributed by atoms with E-state index in [-0.39, 0.29) is 5.82 Å². The van der Waals surface area contributed by atoms with Crippen molar-refractivity contribution < 1.29 is 9.13 Å². The third kappa shape index (κ3) is 3.29. The second kappa shape index (κ2) is 5.96. The van der Waals surface area contributed by atoms with Gasteiger partial charge in [-0.15, -0.1) is 0 Å². The Morgan fingerprint density at radius 1 is 1.33 bits per heavy atom. The Kier molecular flexibility index (Phi) is 4.31. The molecular formula is C14H13BrFNO. The fraction of sp³-hybridized carbons (Fsp3) is 0.214. The fourth-order valence-electron chi connectivity index (χ4n) is 1.60. The van der Waals surface area contributed by atoms with Gasteiger partial charge in [0.1, 0.15) is 18.2 Å². The van der Waals surface area contributed by atoms with E-state index in [0.717, 1.165) is 16.8 Å². The van der Waals surface area contributed by atoms with Crippen molar-refractivity contribution >= 4 is 15.9 Å². The number of alkyl halides is 1. The van der Waals surface area contributed by atoms with E-state index in [2.05, 4.69) is 20.9 Å². The van der Waals surface area contributed by atoms with Crippen molar-refractivity contribution in [2.24, 2.45) is 0 Å². The highest BCUT2D eigenvalue weighted by molar-refractivity contribution is 9.08. The molecule has 0 fully saturated rings. The van der Waals surface area contributed by atoms with Gasteiger partial charge in [-0.05, 0) is 36.2 Å². The van der Waals surface area contributed by atoms with Gasteiger partial charge in [0, 0.05) is 17.6 Å². The molecule has 0 atom stereocenters. The maximum atomic E-state index is 13.3. The van der Waals surface area contributed by atoms with Gasteiger partial charge in [0.2, 0.25) is 0 Å². The summed E-state index contributed by atoms with van der Waals surface area (Å²) in [5.41, 5.74) is 2.78. The minimum atomic E-state index is -0.292. The molecule has 0 aliphatic rings. The first-order valence-corrected chi connectivity index (χ1v) is 6.70. The Morgan fingerprint density at radius 3 is 2.89 bits per heavy atom. The van der Waals surface area contributed by atoms with Crippen molar-refractivity contribution in [3.63, 3.8) is 0 Å². The zero-order valence-electron chi connectivity index (χ0n) is 9.99. The minimum absolute atomic E-state index is 0.292. The Hall–Kier alpha value is -1.42. The third-order valence-corrected chi connectivity index (χ3v) is 3.23. The van der Waals surface area contributed by atoms with Gasteiger partial charge in [-0.25, -0.2) is 4.39 Å². The molecule has 0 bridgehead atoms. The Labute approximate surface area is 114 Å². The molecule has 94 valence electrons. The first kappa shape index (κ1) is 13.0. The Morgan fingerprint density at radius 2 is 2.17 bits per heavy atom. The molecule has 18 heavy (non-hydrogen) atoms. The van der Waals surface area contributed by atoms with Gasteiger partial charge in [0.15, 0.2) is 0 Å². The summed E-state index contributed by atoms with van der Waals surface area (Å²) in [4.78, 5) is 4.23. The summed E-state index contributed by atoms with van der Waals surface area (Å²) in [7, 11) is 0. The number of aryl methyl sites for hydroxylation is 1. The van der Waals surface area contributed by atoms with Crippen LogP contribution in [0.5, 0.6) is 5.75 Å². The number of benzene rings is 1. The molecule has 0 N–H and O–H groups in total. The zero-order valence-corrected chi connectivity index (χ0v) is 11.6. The van der Waals surface area contributed by atoms with Gasteiger partial charge in [-0.3, -0.25) is 4.98 Å². The van der Waals surface area contributed by atoms with Gasteiger partial charge in [-0.2, -0.15) is 0 Å². The molecule has 4 heteroatoms. The number of ether oxygens (including phenoxy) is 1. The van der Waals surface area contributed by atoms with Crippen molar-refractivity contribution in [3.8, 4) is 5.75 Å². The van der Waals surface area contributed by atoms with Crippen LogP contribution < -0.4 is 4.74 Å². The average molecular weight is 310 g/mol. The van der Waals surface area contributed by atoms with Crippen molar-refractivity contribution in [2.45, 2.75) is 18.9 Å². The summed E-state index contributed by atoms with van der Waals surface area (Å²) in [6.45, 7) is 2.32. The molecule has 0 saturated carbocycles. The first-order valence-electron chi connectivity index (χ1n) is 5.58. The van der Waals surface area contributed by atoms with Crippen molar-refractivity contribution in [2.75, 3.05) is 0 Å². The van der Waals surface area contributed by atoms with Crippen molar-refractivity contribution in [1.82, 2.24) is 4.98 Å². The predicted molar refractivity (Wildman–Crippen MR) is 72.3 cm³/mol. The topological polar surface area (TPSA) is 22.1 Å². The number of rotatable bonds is 4. The number of pyridine rings is 1. The average Bonchev–Trinajstić information content (AvgIpc) is 2.37. The summed E-state index contributed by atoms with van der Waals surface area (Å²) >= 11 is 3.30. The standard InChI is InChI=1S/C14H13BrFNO/c1-10-3-2-4-17-14(10)9-18-13-6-11(8-15)5-12(16)7-13/h2-7H,8-9H2,1H3. The number of halogens is 2. The highest BCUT2D eigenvalue weighted by Crippen LogP contribution is 2.19. The molecule has 2 aromatic rings. The van der Waals surface area contributed by atoms with Crippen LogP contribution in [0.3, 0.4) is 0 Å². The van der Waals surface area contributed by atoms with E-state index in [9.17, 15) is 4.39 Å². The van der Waals surface area contributed by atoms with Crippen LogP contribution in [0.4, 0.5) is 4.39 Å². The van der Waals surface area contributed by atoms with Crippen LogP contribution in [0, 0.1) is 12.7 Å². The van der Waals surface area contributed by atoms with Crippen LogP contribution >= 0.6 is 15.9 Å². The van der Waals surface area contributed by atoms with Crippen molar-refractivity contribution in [3.05, 3.63) is 59.2 Å². The van der Waals surface area contributed by atoms with E-state index < -0.39 is 0 Å². The molecule has 0 spiro atoms. The van der Waals surface area contributed by atoms with Crippen LogP contribution in [0.15, 0.2) is 36.5 Å². The molecule has 0 aliphatic carbocycles. The lowest BCUT2D eigenvalue weighted by Crippen LogP contribution is -2.01. The van der Waals surface area contributed by atoms with E-state index in [1.165, 1.54) is 12.1 Å². The number of aromatic nitrogens is 1. The largest absolute Gasteiger partial charge is 0.487 e. The normalized spacial score (nSPS) is 10.4. The Balaban J connectivity index is 2.11. The van der Waals surface area contributed by atoms with Crippen LogP contribution in [-0.2, 0) is 11.9 Å². The smallest absolute Gasteiger partial charge is 0.130 e. The molecular weight excluding hydrogens is 297 g/mol. The first-order chi connectivity index (χ1) is 8.69. The summed E-state index contributed by atoms with van der Waals surface area (Å²) in [6, 6.07) is 8.53. The maximum absolute atomic E-state index is 13.3. The second-order valence-electron chi connectivity index (χ2n) is 3.98. The van der Waals surface area contributed by atoms with E-state index >= 15 is 0 Å². The summed E-state index contributed by atoms with van der Waals surface area (Å²) in [6.07, 6.45) is 1.72. The molecule has 2 nitrogen and oxygen atoms in total.